The maximum atomic E-state index is 12.7. The number of nitriles is 1. The van der Waals surface area contributed by atoms with Gasteiger partial charge in [-0.05, 0) is 55.0 Å². The van der Waals surface area contributed by atoms with Crippen LogP contribution in [0.2, 0.25) is 0 Å². The standard InChI is InChI=1S/C26H24N2O4/c1-18-5-4-6-19(13-18)17-32-25-15-24(31-3)10-7-20(25)14-21(16-27)26(29)28-22-8-11-23(30-2)12-9-22/h4-15H,17H2,1-3H3,(H,28,29)/b21-14+. The zero-order chi connectivity index (χ0) is 22.9. The van der Waals surface area contributed by atoms with Crippen LogP contribution in [0.15, 0.2) is 72.3 Å². The van der Waals surface area contributed by atoms with Crippen molar-refractivity contribution in [2.75, 3.05) is 19.5 Å². The lowest BCUT2D eigenvalue weighted by atomic mass is 10.1. The SMILES string of the molecule is COc1ccc(NC(=O)/C(C#N)=C/c2ccc(OC)cc2OCc2cccc(C)c2)cc1. The molecule has 0 spiro atoms. The predicted octanol–water partition coefficient (Wildman–Crippen LogP) is 5.14. The fourth-order valence-electron chi connectivity index (χ4n) is 3.03. The van der Waals surface area contributed by atoms with Gasteiger partial charge in [-0.1, -0.05) is 29.8 Å². The van der Waals surface area contributed by atoms with Crippen LogP contribution in [0.4, 0.5) is 5.69 Å². The minimum atomic E-state index is -0.516. The summed E-state index contributed by atoms with van der Waals surface area (Å²) in [5, 5.41) is 12.3. The highest BCUT2D eigenvalue weighted by Crippen LogP contribution is 2.28. The molecule has 0 heterocycles. The Morgan fingerprint density at radius 1 is 1.00 bits per heavy atom. The van der Waals surface area contributed by atoms with E-state index in [0.717, 1.165) is 11.1 Å². The second kappa shape index (κ2) is 10.7. The number of carbonyl (C=O) groups excluding carboxylic acids is 1. The minimum Gasteiger partial charge on any atom is -0.497 e. The van der Waals surface area contributed by atoms with Crippen LogP contribution in [0.5, 0.6) is 17.2 Å². The van der Waals surface area contributed by atoms with Gasteiger partial charge < -0.3 is 19.5 Å². The van der Waals surface area contributed by atoms with Gasteiger partial charge in [-0.15, -0.1) is 0 Å². The van der Waals surface area contributed by atoms with E-state index in [1.807, 2.05) is 37.3 Å². The van der Waals surface area contributed by atoms with Crippen LogP contribution >= 0.6 is 0 Å². The van der Waals surface area contributed by atoms with E-state index in [-0.39, 0.29) is 5.57 Å². The third kappa shape index (κ3) is 5.89. The van der Waals surface area contributed by atoms with Crippen LogP contribution in [-0.4, -0.2) is 20.1 Å². The molecule has 3 rings (SSSR count). The average molecular weight is 428 g/mol. The molecular weight excluding hydrogens is 404 g/mol. The number of amides is 1. The summed E-state index contributed by atoms with van der Waals surface area (Å²) >= 11 is 0. The van der Waals surface area contributed by atoms with Gasteiger partial charge >= 0.3 is 0 Å². The quantitative estimate of drug-likeness (QED) is 0.397. The Kier molecular flexibility index (Phi) is 7.50. The Hall–Kier alpha value is -4.24. The largest absolute Gasteiger partial charge is 0.497 e. The van der Waals surface area contributed by atoms with E-state index in [1.54, 1.807) is 56.7 Å². The van der Waals surface area contributed by atoms with Crippen molar-refractivity contribution in [3.05, 3.63) is 89.0 Å². The topological polar surface area (TPSA) is 80.6 Å². The van der Waals surface area contributed by atoms with E-state index in [2.05, 4.69) is 5.32 Å². The highest BCUT2D eigenvalue weighted by atomic mass is 16.5. The van der Waals surface area contributed by atoms with Crippen molar-refractivity contribution in [2.24, 2.45) is 0 Å². The molecule has 0 saturated heterocycles. The molecular formula is C26H24N2O4. The number of hydrogen-bond acceptors (Lipinski definition) is 5. The van der Waals surface area contributed by atoms with Gasteiger partial charge in [-0.3, -0.25) is 4.79 Å². The van der Waals surface area contributed by atoms with E-state index < -0.39 is 5.91 Å². The van der Waals surface area contributed by atoms with Crippen LogP contribution in [0.1, 0.15) is 16.7 Å². The van der Waals surface area contributed by atoms with Crippen molar-refractivity contribution >= 4 is 17.7 Å². The van der Waals surface area contributed by atoms with Crippen molar-refractivity contribution in [1.82, 2.24) is 0 Å². The zero-order valence-electron chi connectivity index (χ0n) is 18.2. The Balaban J connectivity index is 1.83. The molecule has 0 atom stereocenters. The normalized spacial score (nSPS) is 10.8. The van der Waals surface area contributed by atoms with Crippen LogP contribution in [-0.2, 0) is 11.4 Å². The number of ether oxygens (including phenoxy) is 3. The first kappa shape index (κ1) is 22.4. The van der Waals surface area contributed by atoms with Gasteiger partial charge in [-0.2, -0.15) is 5.26 Å². The van der Waals surface area contributed by atoms with Gasteiger partial charge in [0.2, 0.25) is 0 Å². The predicted molar refractivity (Wildman–Crippen MR) is 124 cm³/mol. The fourth-order valence-corrected chi connectivity index (χ4v) is 3.03. The summed E-state index contributed by atoms with van der Waals surface area (Å²) in [6.07, 6.45) is 1.50. The highest BCUT2D eigenvalue weighted by molar-refractivity contribution is 6.09. The molecule has 0 radical (unpaired) electrons. The Labute approximate surface area is 187 Å². The lowest BCUT2D eigenvalue weighted by Gasteiger charge is -2.12. The van der Waals surface area contributed by atoms with Crippen molar-refractivity contribution in [1.29, 1.82) is 5.26 Å². The molecule has 3 aromatic rings. The van der Waals surface area contributed by atoms with Crippen LogP contribution in [0.3, 0.4) is 0 Å². The molecule has 0 aliphatic carbocycles. The van der Waals surface area contributed by atoms with Crippen LogP contribution in [0, 0.1) is 18.3 Å². The molecule has 6 nitrogen and oxygen atoms in total. The molecule has 32 heavy (non-hydrogen) atoms. The van der Waals surface area contributed by atoms with E-state index in [9.17, 15) is 10.1 Å². The van der Waals surface area contributed by atoms with Crippen molar-refractivity contribution in [3.8, 4) is 23.3 Å². The van der Waals surface area contributed by atoms with Crippen molar-refractivity contribution < 1.29 is 19.0 Å². The summed E-state index contributed by atoms with van der Waals surface area (Å²) < 4.78 is 16.4. The molecule has 0 aliphatic rings. The third-order valence-corrected chi connectivity index (χ3v) is 4.71. The van der Waals surface area contributed by atoms with E-state index in [1.165, 1.54) is 6.08 Å². The number of methoxy groups -OCH3 is 2. The number of benzene rings is 3. The van der Waals surface area contributed by atoms with Gasteiger partial charge in [0.25, 0.3) is 5.91 Å². The first-order chi connectivity index (χ1) is 15.5. The van der Waals surface area contributed by atoms with Gasteiger partial charge in [0.15, 0.2) is 0 Å². The highest BCUT2D eigenvalue weighted by Gasteiger charge is 2.13. The number of carbonyl (C=O) groups is 1. The summed E-state index contributed by atoms with van der Waals surface area (Å²) in [7, 11) is 3.13. The maximum absolute atomic E-state index is 12.7. The zero-order valence-corrected chi connectivity index (χ0v) is 18.2. The molecule has 0 unspecified atom stereocenters. The lowest BCUT2D eigenvalue weighted by molar-refractivity contribution is -0.112. The molecule has 1 amide bonds. The van der Waals surface area contributed by atoms with Gasteiger partial charge in [0, 0.05) is 17.3 Å². The van der Waals surface area contributed by atoms with Gasteiger partial charge in [0.1, 0.15) is 35.5 Å². The molecule has 0 fully saturated rings. The van der Waals surface area contributed by atoms with Gasteiger partial charge in [0.05, 0.1) is 14.2 Å². The summed E-state index contributed by atoms with van der Waals surface area (Å²) in [5.41, 5.74) is 3.26. The number of nitrogens with one attached hydrogen (secondary N) is 1. The van der Waals surface area contributed by atoms with E-state index in [0.29, 0.717) is 35.1 Å². The third-order valence-electron chi connectivity index (χ3n) is 4.71. The number of hydrogen-bond donors (Lipinski definition) is 1. The summed E-state index contributed by atoms with van der Waals surface area (Å²) in [5.74, 6) is 1.28. The number of aryl methyl sites for hydroxylation is 1. The monoisotopic (exact) mass is 428 g/mol. The Morgan fingerprint density at radius 2 is 1.72 bits per heavy atom. The van der Waals surface area contributed by atoms with Crippen molar-refractivity contribution in [3.63, 3.8) is 0 Å². The lowest BCUT2D eigenvalue weighted by Crippen LogP contribution is -2.13. The molecule has 1 N–H and O–H groups in total. The fraction of sp³-hybridized carbons (Fsp3) is 0.154. The molecule has 162 valence electrons. The molecule has 0 bridgehead atoms. The number of rotatable bonds is 8. The summed E-state index contributed by atoms with van der Waals surface area (Å²) in [4.78, 5) is 12.7. The summed E-state index contributed by atoms with van der Waals surface area (Å²) in [6.45, 7) is 2.36. The van der Waals surface area contributed by atoms with Crippen LogP contribution in [0.25, 0.3) is 6.08 Å². The number of nitrogens with zero attached hydrogens (tertiary/aromatic N) is 1. The smallest absolute Gasteiger partial charge is 0.266 e. The second-order valence-corrected chi connectivity index (χ2v) is 7.03. The molecule has 0 aliphatic heterocycles. The maximum Gasteiger partial charge on any atom is 0.266 e. The molecule has 0 aromatic heterocycles. The first-order valence-electron chi connectivity index (χ1n) is 9.96. The first-order valence-corrected chi connectivity index (χ1v) is 9.96. The second-order valence-electron chi connectivity index (χ2n) is 7.03. The van der Waals surface area contributed by atoms with Gasteiger partial charge in [-0.25, -0.2) is 0 Å². The average Bonchev–Trinajstić information content (AvgIpc) is 2.82. The van der Waals surface area contributed by atoms with E-state index in [4.69, 9.17) is 14.2 Å². The molecule has 6 heteroatoms. The van der Waals surface area contributed by atoms with E-state index >= 15 is 0 Å². The Morgan fingerprint density at radius 3 is 2.38 bits per heavy atom. The summed E-state index contributed by atoms with van der Waals surface area (Å²) in [6, 6.07) is 22.1. The number of anilines is 1. The molecule has 0 saturated carbocycles. The minimum absolute atomic E-state index is 0.0496. The van der Waals surface area contributed by atoms with Crippen molar-refractivity contribution in [2.45, 2.75) is 13.5 Å². The van der Waals surface area contributed by atoms with Crippen LogP contribution < -0.4 is 19.5 Å². The Bertz CT molecular complexity index is 1160. The molecule has 3 aromatic carbocycles.